The Morgan fingerprint density at radius 1 is 0.810 bits per heavy atom. The van der Waals surface area contributed by atoms with Gasteiger partial charge in [-0.25, -0.2) is 0 Å². The summed E-state index contributed by atoms with van der Waals surface area (Å²) in [6.07, 6.45) is 11.9. The molecule has 0 heteroatoms. The summed E-state index contributed by atoms with van der Waals surface area (Å²) in [5, 5.41) is 0. The summed E-state index contributed by atoms with van der Waals surface area (Å²) >= 11 is 0. The highest BCUT2D eigenvalue weighted by atomic mass is 14.6. The van der Waals surface area contributed by atoms with E-state index in [-0.39, 0.29) is 0 Å². The standard InChI is InChI=1S/C12H24.C9H16/c1-7-12(6)8-10(2,3)11(4,5)9-12;1-7-6-8-2-4-9(7)5-3-8/h7-9H2,1-6H3;7-9H,2-6H2,1H3/t;7-,8?,9?/m.0/s1. The summed E-state index contributed by atoms with van der Waals surface area (Å²) < 4.78 is 0. The van der Waals surface area contributed by atoms with E-state index in [2.05, 4.69) is 48.5 Å². The van der Waals surface area contributed by atoms with Crippen molar-refractivity contribution in [3.05, 3.63) is 0 Å². The van der Waals surface area contributed by atoms with Crippen LogP contribution in [0.3, 0.4) is 0 Å². The average Bonchev–Trinajstić information content (AvgIpc) is 2.56. The molecule has 4 saturated carbocycles. The summed E-state index contributed by atoms with van der Waals surface area (Å²) in [4.78, 5) is 0. The second-order valence-corrected chi connectivity index (χ2v) is 10.3. The number of rotatable bonds is 1. The van der Waals surface area contributed by atoms with Crippen LogP contribution in [0.15, 0.2) is 0 Å². The van der Waals surface area contributed by atoms with Crippen molar-refractivity contribution in [3.63, 3.8) is 0 Å². The Hall–Kier alpha value is 0. The Labute approximate surface area is 134 Å². The Morgan fingerprint density at radius 3 is 1.48 bits per heavy atom. The largest absolute Gasteiger partial charge is 0.0649 e. The molecule has 4 aliphatic carbocycles. The van der Waals surface area contributed by atoms with Crippen molar-refractivity contribution in [1.82, 2.24) is 0 Å². The molecule has 21 heavy (non-hydrogen) atoms. The molecular weight excluding hydrogens is 252 g/mol. The van der Waals surface area contributed by atoms with Crippen LogP contribution in [0.25, 0.3) is 0 Å². The zero-order chi connectivity index (χ0) is 15.9. The minimum absolute atomic E-state index is 0.526. The normalized spacial score (nSPS) is 38.7. The summed E-state index contributed by atoms with van der Waals surface area (Å²) in [6.45, 7) is 16.9. The Morgan fingerprint density at radius 2 is 1.29 bits per heavy atom. The molecule has 0 radical (unpaired) electrons. The first-order chi connectivity index (χ1) is 9.59. The van der Waals surface area contributed by atoms with Crippen molar-refractivity contribution >= 4 is 0 Å². The molecule has 0 nitrogen and oxygen atoms in total. The van der Waals surface area contributed by atoms with Crippen molar-refractivity contribution in [1.29, 1.82) is 0 Å². The van der Waals surface area contributed by atoms with Crippen LogP contribution in [0.4, 0.5) is 0 Å². The van der Waals surface area contributed by atoms with Gasteiger partial charge in [0.1, 0.15) is 0 Å². The number of fused-ring (bicyclic) bond motifs is 3. The Balaban J connectivity index is 0.000000159. The van der Waals surface area contributed by atoms with Gasteiger partial charge >= 0.3 is 0 Å². The molecule has 0 aromatic heterocycles. The van der Waals surface area contributed by atoms with Crippen molar-refractivity contribution in [2.75, 3.05) is 0 Å². The van der Waals surface area contributed by atoms with Gasteiger partial charge in [-0.15, -0.1) is 0 Å². The molecule has 0 unspecified atom stereocenters. The fourth-order valence-corrected chi connectivity index (χ4v) is 5.64. The molecule has 124 valence electrons. The van der Waals surface area contributed by atoms with Gasteiger partial charge in [-0.05, 0) is 66.1 Å². The van der Waals surface area contributed by atoms with E-state index >= 15 is 0 Å². The van der Waals surface area contributed by atoms with Gasteiger partial charge in [-0.1, -0.05) is 67.7 Å². The minimum atomic E-state index is 0.526. The zero-order valence-corrected chi connectivity index (χ0v) is 15.9. The molecular formula is C21H40. The van der Waals surface area contributed by atoms with Gasteiger partial charge in [0.2, 0.25) is 0 Å². The second kappa shape index (κ2) is 5.89. The van der Waals surface area contributed by atoms with Crippen LogP contribution in [0.2, 0.25) is 0 Å². The third-order valence-electron chi connectivity index (χ3n) is 7.82. The molecule has 0 saturated heterocycles. The number of hydrogen-bond acceptors (Lipinski definition) is 0. The van der Waals surface area contributed by atoms with E-state index in [0.717, 1.165) is 17.8 Å². The summed E-state index contributed by atoms with van der Waals surface area (Å²) in [6, 6.07) is 0. The quantitative estimate of drug-likeness (QED) is 0.484. The molecule has 2 bridgehead atoms. The molecule has 0 aliphatic heterocycles. The smallest absolute Gasteiger partial charge is 0.0298 e. The van der Waals surface area contributed by atoms with E-state index in [0.29, 0.717) is 16.2 Å². The monoisotopic (exact) mass is 292 g/mol. The molecule has 0 amide bonds. The highest BCUT2D eigenvalue weighted by molar-refractivity contribution is 5.00. The molecule has 4 aliphatic rings. The first-order valence-corrected chi connectivity index (χ1v) is 9.59. The van der Waals surface area contributed by atoms with Crippen LogP contribution >= 0.6 is 0 Å². The summed E-state index contributed by atoms with van der Waals surface area (Å²) in [5.41, 5.74) is 1.66. The van der Waals surface area contributed by atoms with Gasteiger partial charge < -0.3 is 0 Å². The van der Waals surface area contributed by atoms with Gasteiger partial charge in [-0.3, -0.25) is 0 Å². The van der Waals surface area contributed by atoms with Crippen molar-refractivity contribution in [3.8, 4) is 0 Å². The van der Waals surface area contributed by atoms with Crippen molar-refractivity contribution in [2.45, 2.75) is 99.8 Å². The van der Waals surface area contributed by atoms with Crippen LogP contribution in [-0.4, -0.2) is 0 Å². The average molecular weight is 293 g/mol. The minimum Gasteiger partial charge on any atom is -0.0649 e. The van der Waals surface area contributed by atoms with E-state index in [1.165, 1.54) is 19.3 Å². The maximum Gasteiger partial charge on any atom is -0.0298 e. The van der Waals surface area contributed by atoms with Crippen LogP contribution in [-0.2, 0) is 0 Å². The molecule has 4 fully saturated rings. The summed E-state index contributed by atoms with van der Waals surface area (Å²) in [7, 11) is 0. The van der Waals surface area contributed by atoms with E-state index in [1.54, 1.807) is 32.1 Å². The third kappa shape index (κ3) is 3.67. The first-order valence-electron chi connectivity index (χ1n) is 9.59. The van der Waals surface area contributed by atoms with Gasteiger partial charge in [0.05, 0.1) is 0 Å². The van der Waals surface area contributed by atoms with Crippen molar-refractivity contribution in [2.24, 2.45) is 34.0 Å². The lowest BCUT2D eigenvalue weighted by atomic mass is 9.65. The van der Waals surface area contributed by atoms with Crippen LogP contribution in [0.1, 0.15) is 99.8 Å². The SMILES string of the molecule is CCC1(C)CC(C)(C)C(C)(C)C1.C[C@H]1CC2CCC1CC2. The lowest BCUT2D eigenvalue weighted by Gasteiger charge is -2.40. The molecule has 0 N–H and O–H groups in total. The molecule has 0 aromatic rings. The highest BCUT2D eigenvalue weighted by Crippen LogP contribution is 2.60. The molecule has 4 rings (SSSR count). The van der Waals surface area contributed by atoms with E-state index in [4.69, 9.17) is 0 Å². The predicted molar refractivity (Wildman–Crippen MR) is 94.4 cm³/mol. The van der Waals surface area contributed by atoms with Gasteiger partial charge in [-0.2, -0.15) is 0 Å². The maximum absolute atomic E-state index is 2.45. The highest BCUT2D eigenvalue weighted by Gasteiger charge is 2.50. The van der Waals surface area contributed by atoms with E-state index < -0.39 is 0 Å². The fraction of sp³-hybridized carbons (Fsp3) is 1.00. The van der Waals surface area contributed by atoms with E-state index in [9.17, 15) is 0 Å². The topological polar surface area (TPSA) is 0 Å². The van der Waals surface area contributed by atoms with Crippen LogP contribution in [0, 0.1) is 34.0 Å². The van der Waals surface area contributed by atoms with Gasteiger partial charge in [0.15, 0.2) is 0 Å². The first kappa shape index (κ1) is 17.4. The van der Waals surface area contributed by atoms with E-state index in [1.807, 2.05) is 0 Å². The number of hydrogen-bond donors (Lipinski definition) is 0. The summed E-state index contributed by atoms with van der Waals surface area (Å²) in [5.74, 6) is 3.32. The second-order valence-electron chi connectivity index (χ2n) is 10.3. The van der Waals surface area contributed by atoms with Crippen LogP contribution in [0.5, 0.6) is 0 Å². The lowest BCUT2D eigenvalue weighted by molar-refractivity contribution is 0.111. The lowest BCUT2D eigenvalue weighted by Crippen LogP contribution is -2.29. The van der Waals surface area contributed by atoms with Gasteiger partial charge in [0.25, 0.3) is 0 Å². The molecule has 1 atom stereocenters. The Kier molecular flexibility index (Phi) is 4.87. The van der Waals surface area contributed by atoms with Gasteiger partial charge in [0, 0.05) is 0 Å². The Bertz CT molecular complexity index is 325. The molecule has 0 spiro atoms. The van der Waals surface area contributed by atoms with Crippen molar-refractivity contribution < 1.29 is 0 Å². The predicted octanol–water partition coefficient (Wildman–Crippen LogP) is 7.08. The maximum atomic E-state index is 2.45. The zero-order valence-electron chi connectivity index (χ0n) is 15.9. The molecule has 0 heterocycles. The van der Waals surface area contributed by atoms with Crippen LogP contribution < -0.4 is 0 Å². The third-order valence-corrected chi connectivity index (χ3v) is 7.82. The fourth-order valence-electron chi connectivity index (χ4n) is 5.64. The molecule has 0 aromatic carbocycles.